The number of hydrogen-bond acceptors (Lipinski definition) is 6. The van der Waals surface area contributed by atoms with Crippen LogP contribution in [0.4, 0.5) is 5.82 Å². The first-order valence-corrected chi connectivity index (χ1v) is 10.3. The Morgan fingerprint density at radius 1 is 1.21 bits per heavy atom. The molecule has 3 rings (SSSR count). The Balaban J connectivity index is 1.55. The SMILES string of the molecule is CCOCCCNC(=O)C1CCN(c2nccnc2Oc2ccccc2C)CC1. The summed E-state index contributed by atoms with van der Waals surface area (Å²) in [6, 6.07) is 7.85. The number of piperidine rings is 1. The summed E-state index contributed by atoms with van der Waals surface area (Å²) < 4.78 is 11.3. The lowest BCUT2D eigenvalue weighted by Gasteiger charge is -2.32. The van der Waals surface area contributed by atoms with Crippen molar-refractivity contribution >= 4 is 11.7 Å². The third-order valence-electron chi connectivity index (χ3n) is 5.08. The van der Waals surface area contributed by atoms with E-state index in [2.05, 4.69) is 20.2 Å². The molecular formula is C22H30N4O3. The summed E-state index contributed by atoms with van der Waals surface area (Å²) in [5, 5.41) is 3.03. The summed E-state index contributed by atoms with van der Waals surface area (Å²) in [6.07, 6.45) is 5.74. The first-order chi connectivity index (χ1) is 14.2. The van der Waals surface area contributed by atoms with E-state index in [0.717, 1.165) is 49.5 Å². The Morgan fingerprint density at radius 3 is 2.72 bits per heavy atom. The van der Waals surface area contributed by atoms with Gasteiger partial charge in [-0.2, -0.15) is 0 Å². The quantitative estimate of drug-likeness (QED) is 0.653. The maximum Gasteiger partial charge on any atom is 0.263 e. The monoisotopic (exact) mass is 398 g/mol. The number of hydrogen-bond donors (Lipinski definition) is 1. The van der Waals surface area contributed by atoms with Gasteiger partial charge in [-0.05, 0) is 44.7 Å². The molecule has 0 spiro atoms. The predicted octanol–water partition coefficient (Wildman–Crippen LogP) is 3.34. The Kier molecular flexibility index (Phi) is 7.81. The van der Waals surface area contributed by atoms with Crippen LogP contribution in [0, 0.1) is 12.8 Å². The van der Waals surface area contributed by atoms with Crippen molar-refractivity contribution in [2.45, 2.75) is 33.1 Å². The molecule has 0 radical (unpaired) electrons. The second-order valence-corrected chi connectivity index (χ2v) is 7.16. The highest BCUT2D eigenvalue weighted by molar-refractivity contribution is 5.79. The number of amides is 1. The number of carbonyl (C=O) groups is 1. The molecule has 1 aromatic heterocycles. The van der Waals surface area contributed by atoms with E-state index in [1.165, 1.54) is 0 Å². The zero-order chi connectivity index (χ0) is 20.5. The summed E-state index contributed by atoms with van der Waals surface area (Å²) >= 11 is 0. The molecule has 0 bridgehead atoms. The van der Waals surface area contributed by atoms with Crippen LogP contribution in [0.1, 0.15) is 31.7 Å². The second kappa shape index (κ2) is 10.8. The van der Waals surface area contributed by atoms with Crippen molar-refractivity contribution in [3.63, 3.8) is 0 Å². The van der Waals surface area contributed by atoms with Crippen molar-refractivity contribution in [3.05, 3.63) is 42.2 Å². The molecule has 2 heterocycles. The summed E-state index contributed by atoms with van der Waals surface area (Å²) in [5.74, 6) is 2.18. The summed E-state index contributed by atoms with van der Waals surface area (Å²) in [6.45, 7) is 7.54. The highest BCUT2D eigenvalue weighted by Gasteiger charge is 2.27. The third-order valence-corrected chi connectivity index (χ3v) is 5.08. The number of anilines is 1. The fourth-order valence-corrected chi connectivity index (χ4v) is 3.41. The standard InChI is InChI=1S/C22H30N4O3/c1-3-28-16-6-11-24-21(27)18-9-14-26(15-10-18)20-22(25-13-12-23-20)29-19-8-5-4-7-17(19)2/h4-5,7-8,12-13,18H,3,6,9-11,14-16H2,1-2H3,(H,24,27). The van der Waals surface area contributed by atoms with Gasteiger partial charge < -0.3 is 19.7 Å². The minimum atomic E-state index is 0.0377. The number of ether oxygens (including phenoxy) is 2. The predicted molar refractivity (Wildman–Crippen MR) is 112 cm³/mol. The van der Waals surface area contributed by atoms with Crippen molar-refractivity contribution in [2.24, 2.45) is 5.92 Å². The number of nitrogens with zero attached hydrogens (tertiary/aromatic N) is 3. The first-order valence-electron chi connectivity index (χ1n) is 10.3. The van der Waals surface area contributed by atoms with Gasteiger partial charge in [0, 0.05) is 51.2 Å². The lowest BCUT2D eigenvalue weighted by Crippen LogP contribution is -2.41. The number of aromatic nitrogens is 2. The summed E-state index contributed by atoms with van der Waals surface area (Å²) in [7, 11) is 0. The van der Waals surface area contributed by atoms with E-state index in [1.807, 2.05) is 38.1 Å². The van der Waals surface area contributed by atoms with Crippen LogP contribution in [0.3, 0.4) is 0 Å². The summed E-state index contributed by atoms with van der Waals surface area (Å²) in [5.41, 5.74) is 1.05. The van der Waals surface area contributed by atoms with Gasteiger partial charge in [0.05, 0.1) is 0 Å². The fraction of sp³-hybridized carbons (Fsp3) is 0.500. The van der Waals surface area contributed by atoms with Gasteiger partial charge in [-0.25, -0.2) is 9.97 Å². The number of para-hydroxylation sites is 1. The number of nitrogens with one attached hydrogen (secondary N) is 1. The molecule has 1 fully saturated rings. The van der Waals surface area contributed by atoms with Gasteiger partial charge in [0.15, 0.2) is 5.82 Å². The molecule has 0 saturated carbocycles. The molecule has 156 valence electrons. The zero-order valence-electron chi connectivity index (χ0n) is 17.3. The fourth-order valence-electron chi connectivity index (χ4n) is 3.41. The average molecular weight is 399 g/mol. The molecule has 7 nitrogen and oxygen atoms in total. The Morgan fingerprint density at radius 2 is 1.97 bits per heavy atom. The van der Waals surface area contributed by atoms with E-state index < -0.39 is 0 Å². The molecule has 1 aliphatic heterocycles. The third kappa shape index (κ3) is 5.90. The van der Waals surface area contributed by atoms with Crippen molar-refractivity contribution in [2.75, 3.05) is 37.7 Å². The normalized spacial score (nSPS) is 14.6. The van der Waals surface area contributed by atoms with E-state index in [0.29, 0.717) is 25.6 Å². The summed E-state index contributed by atoms with van der Waals surface area (Å²) in [4.78, 5) is 23.4. The van der Waals surface area contributed by atoms with Gasteiger partial charge >= 0.3 is 0 Å². The van der Waals surface area contributed by atoms with Gasteiger partial charge in [0.25, 0.3) is 5.88 Å². The topological polar surface area (TPSA) is 76.6 Å². The molecule has 29 heavy (non-hydrogen) atoms. The van der Waals surface area contributed by atoms with Crippen molar-refractivity contribution in [1.29, 1.82) is 0 Å². The first kappa shape index (κ1) is 21.0. The molecule has 1 aliphatic rings. The van der Waals surface area contributed by atoms with E-state index >= 15 is 0 Å². The van der Waals surface area contributed by atoms with Gasteiger partial charge in [0.1, 0.15) is 5.75 Å². The lowest BCUT2D eigenvalue weighted by molar-refractivity contribution is -0.125. The molecule has 0 unspecified atom stereocenters. The van der Waals surface area contributed by atoms with Crippen LogP contribution < -0.4 is 15.0 Å². The van der Waals surface area contributed by atoms with E-state index in [4.69, 9.17) is 9.47 Å². The Labute approximate surface area is 172 Å². The molecule has 1 saturated heterocycles. The Bertz CT molecular complexity index is 791. The molecule has 1 N–H and O–H groups in total. The van der Waals surface area contributed by atoms with E-state index in [9.17, 15) is 4.79 Å². The molecule has 0 atom stereocenters. The largest absolute Gasteiger partial charge is 0.436 e. The Hall–Kier alpha value is -2.67. The van der Waals surface area contributed by atoms with Crippen LogP contribution in [-0.4, -0.2) is 48.7 Å². The highest BCUT2D eigenvalue weighted by atomic mass is 16.5. The van der Waals surface area contributed by atoms with Crippen molar-refractivity contribution in [3.8, 4) is 11.6 Å². The van der Waals surface area contributed by atoms with Crippen LogP contribution >= 0.6 is 0 Å². The molecule has 1 amide bonds. The highest BCUT2D eigenvalue weighted by Crippen LogP contribution is 2.32. The van der Waals surface area contributed by atoms with Gasteiger partial charge in [-0.15, -0.1) is 0 Å². The number of rotatable bonds is 9. The molecular weight excluding hydrogens is 368 g/mol. The second-order valence-electron chi connectivity index (χ2n) is 7.16. The number of carbonyl (C=O) groups excluding carboxylic acids is 1. The van der Waals surface area contributed by atoms with Crippen molar-refractivity contribution < 1.29 is 14.3 Å². The smallest absolute Gasteiger partial charge is 0.263 e. The van der Waals surface area contributed by atoms with Crippen LogP contribution in [0.2, 0.25) is 0 Å². The lowest BCUT2D eigenvalue weighted by atomic mass is 9.96. The molecule has 2 aromatic rings. The van der Waals surface area contributed by atoms with Crippen LogP contribution in [-0.2, 0) is 9.53 Å². The molecule has 1 aromatic carbocycles. The maximum absolute atomic E-state index is 12.4. The zero-order valence-corrected chi connectivity index (χ0v) is 17.3. The number of benzene rings is 1. The van der Waals surface area contributed by atoms with E-state index in [-0.39, 0.29) is 11.8 Å². The van der Waals surface area contributed by atoms with Gasteiger partial charge in [0.2, 0.25) is 5.91 Å². The average Bonchev–Trinajstić information content (AvgIpc) is 2.75. The minimum absolute atomic E-state index is 0.0377. The van der Waals surface area contributed by atoms with Crippen LogP contribution in [0.5, 0.6) is 11.6 Å². The van der Waals surface area contributed by atoms with Crippen LogP contribution in [0.15, 0.2) is 36.7 Å². The molecule has 7 heteroatoms. The number of aryl methyl sites for hydroxylation is 1. The van der Waals surface area contributed by atoms with Gasteiger partial charge in [-0.3, -0.25) is 4.79 Å². The van der Waals surface area contributed by atoms with Gasteiger partial charge in [-0.1, -0.05) is 18.2 Å². The van der Waals surface area contributed by atoms with Crippen LogP contribution in [0.25, 0.3) is 0 Å². The van der Waals surface area contributed by atoms with E-state index in [1.54, 1.807) is 12.4 Å². The van der Waals surface area contributed by atoms with Crippen molar-refractivity contribution in [1.82, 2.24) is 15.3 Å². The minimum Gasteiger partial charge on any atom is -0.436 e. The molecule has 0 aliphatic carbocycles. The maximum atomic E-state index is 12.4.